The van der Waals surface area contributed by atoms with E-state index in [1.807, 2.05) is 6.07 Å². The van der Waals surface area contributed by atoms with Crippen LogP contribution in [-0.4, -0.2) is 79.7 Å². The van der Waals surface area contributed by atoms with Gasteiger partial charge in [0, 0.05) is 24.8 Å². The van der Waals surface area contributed by atoms with Crippen molar-refractivity contribution in [2.75, 3.05) is 19.6 Å². The van der Waals surface area contributed by atoms with Crippen molar-refractivity contribution in [3.8, 4) is 0 Å². The zero-order valence-corrected chi connectivity index (χ0v) is 15.0. The average Bonchev–Trinajstić information content (AvgIpc) is 2.60. The van der Waals surface area contributed by atoms with Gasteiger partial charge in [-0.25, -0.2) is 0 Å². The van der Waals surface area contributed by atoms with Gasteiger partial charge >= 0.3 is 17.9 Å². The third-order valence-electron chi connectivity index (χ3n) is 4.74. The molecule has 2 atom stereocenters. The number of carboxylic acid groups (broad SMARTS) is 3. The summed E-state index contributed by atoms with van der Waals surface area (Å²) in [6.07, 6.45) is 4.67. The molecule has 9 nitrogen and oxygen atoms in total. The van der Waals surface area contributed by atoms with Crippen LogP contribution in [0.4, 0.5) is 0 Å². The highest BCUT2D eigenvalue weighted by Gasteiger charge is 2.36. The lowest BCUT2D eigenvalue weighted by atomic mass is 9.87. The van der Waals surface area contributed by atoms with Crippen LogP contribution in [0.2, 0.25) is 0 Å². The van der Waals surface area contributed by atoms with Crippen molar-refractivity contribution in [1.29, 1.82) is 0 Å². The zero-order valence-electron chi connectivity index (χ0n) is 15.0. The fraction of sp³-hybridized carbons (Fsp3) is 0.556. The highest BCUT2D eigenvalue weighted by Crippen LogP contribution is 2.28. The lowest BCUT2D eigenvalue weighted by molar-refractivity contribution is -0.146. The Morgan fingerprint density at radius 2 is 1.41 bits per heavy atom. The molecule has 1 aliphatic carbocycles. The lowest BCUT2D eigenvalue weighted by Crippen LogP contribution is -2.56. The Bertz CT molecular complexity index is 638. The molecule has 3 N–H and O–H groups in total. The first-order chi connectivity index (χ1) is 12.9. The first kappa shape index (κ1) is 20.8. The Morgan fingerprint density at radius 3 is 1.89 bits per heavy atom. The third-order valence-corrected chi connectivity index (χ3v) is 4.74. The molecule has 0 amide bonds. The molecular formula is C18H25N3O6. The van der Waals surface area contributed by atoms with Gasteiger partial charge in [-0.1, -0.05) is 18.9 Å². The molecule has 27 heavy (non-hydrogen) atoms. The molecule has 0 aliphatic heterocycles. The summed E-state index contributed by atoms with van der Waals surface area (Å²) in [5.41, 5.74) is 0.714. The maximum Gasteiger partial charge on any atom is 0.317 e. The highest BCUT2D eigenvalue weighted by molar-refractivity contribution is 5.72. The number of pyridine rings is 1. The second kappa shape index (κ2) is 9.98. The number of nitrogens with zero attached hydrogens (tertiary/aromatic N) is 3. The molecule has 0 saturated heterocycles. The third kappa shape index (κ3) is 6.61. The van der Waals surface area contributed by atoms with Crippen LogP contribution in [0, 0.1) is 0 Å². The van der Waals surface area contributed by atoms with Crippen LogP contribution < -0.4 is 0 Å². The quantitative estimate of drug-likeness (QED) is 0.539. The van der Waals surface area contributed by atoms with Crippen molar-refractivity contribution in [2.24, 2.45) is 0 Å². The molecule has 0 radical (unpaired) electrons. The van der Waals surface area contributed by atoms with Crippen molar-refractivity contribution in [1.82, 2.24) is 14.8 Å². The van der Waals surface area contributed by atoms with Crippen LogP contribution >= 0.6 is 0 Å². The summed E-state index contributed by atoms with van der Waals surface area (Å²) in [5, 5.41) is 27.7. The van der Waals surface area contributed by atoms with E-state index in [0.717, 1.165) is 12.8 Å². The number of carboxylic acids is 3. The molecule has 1 heterocycles. The molecule has 0 spiro atoms. The predicted molar refractivity (Wildman–Crippen MR) is 95.2 cm³/mol. The van der Waals surface area contributed by atoms with Gasteiger partial charge in [0.1, 0.15) is 0 Å². The van der Waals surface area contributed by atoms with Crippen LogP contribution in [0.5, 0.6) is 0 Å². The number of carbonyl (C=O) groups is 3. The molecule has 1 aromatic heterocycles. The van der Waals surface area contributed by atoms with Crippen LogP contribution in [0.1, 0.15) is 31.4 Å². The van der Waals surface area contributed by atoms with Gasteiger partial charge in [0.2, 0.25) is 0 Å². The Labute approximate surface area is 157 Å². The molecule has 0 bridgehead atoms. The van der Waals surface area contributed by atoms with Crippen molar-refractivity contribution in [3.63, 3.8) is 0 Å². The van der Waals surface area contributed by atoms with Gasteiger partial charge in [-0.2, -0.15) is 0 Å². The van der Waals surface area contributed by atoms with Gasteiger partial charge in [-0.15, -0.1) is 0 Å². The van der Waals surface area contributed by atoms with Crippen molar-refractivity contribution >= 4 is 17.9 Å². The first-order valence-corrected chi connectivity index (χ1v) is 8.90. The lowest BCUT2D eigenvalue weighted by Gasteiger charge is -2.43. The van der Waals surface area contributed by atoms with E-state index >= 15 is 0 Å². The second-order valence-electron chi connectivity index (χ2n) is 6.73. The molecule has 1 aromatic rings. The van der Waals surface area contributed by atoms with Gasteiger partial charge in [0.25, 0.3) is 0 Å². The van der Waals surface area contributed by atoms with Gasteiger partial charge in [0.15, 0.2) is 0 Å². The summed E-state index contributed by atoms with van der Waals surface area (Å²) in [7, 11) is 0. The second-order valence-corrected chi connectivity index (χ2v) is 6.73. The minimum atomic E-state index is -1.10. The molecular weight excluding hydrogens is 354 g/mol. The minimum absolute atomic E-state index is 0.217. The fourth-order valence-electron chi connectivity index (χ4n) is 3.75. The first-order valence-electron chi connectivity index (χ1n) is 8.90. The Balaban J connectivity index is 2.26. The minimum Gasteiger partial charge on any atom is -0.480 e. The number of aliphatic carboxylic acids is 3. The maximum absolute atomic E-state index is 11.4. The summed E-state index contributed by atoms with van der Waals surface area (Å²) in [4.78, 5) is 41.3. The van der Waals surface area contributed by atoms with Gasteiger partial charge in [-0.3, -0.25) is 29.2 Å². The van der Waals surface area contributed by atoms with Crippen LogP contribution in [-0.2, 0) is 20.9 Å². The summed E-state index contributed by atoms with van der Waals surface area (Å²) in [5.74, 6) is -3.19. The van der Waals surface area contributed by atoms with Crippen molar-refractivity contribution in [2.45, 2.75) is 44.3 Å². The van der Waals surface area contributed by atoms with Crippen LogP contribution in [0.15, 0.2) is 24.4 Å². The summed E-state index contributed by atoms with van der Waals surface area (Å²) in [6.45, 7) is -0.691. The Kier molecular flexibility index (Phi) is 7.68. The van der Waals surface area contributed by atoms with Gasteiger partial charge in [0.05, 0.1) is 25.3 Å². The normalized spacial score (nSPS) is 19.9. The molecule has 2 rings (SSSR count). The standard InChI is InChI=1S/C18H25N3O6/c22-16(23)10-20(9-13-5-3-4-8-19-13)14-6-1-2-7-15(14)21(11-17(24)25)12-18(26)27/h3-5,8,14-15H,1-2,6-7,9-12H2,(H,22,23)(H,24,25)(H,26,27)/t14-,15-/m1/s1. The van der Waals surface area contributed by atoms with Crippen molar-refractivity contribution in [3.05, 3.63) is 30.1 Å². The summed E-state index contributed by atoms with van der Waals surface area (Å²) < 4.78 is 0. The zero-order chi connectivity index (χ0) is 19.8. The van der Waals surface area contributed by atoms with Crippen LogP contribution in [0.3, 0.4) is 0 Å². The van der Waals surface area contributed by atoms with E-state index in [-0.39, 0.29) is 18.6 Å². The molecule has 1 aliphatic rings. The number of hydrogen-bond donors (Lipinski definition) is 3. The fourth-order valence-corrected chi connectivity index (χ4v) is 3.75. The van der Waals surface area contributed by atoms with Gasteiger partial charge in [-0.05, 0) is 25.0 Å². The SMILES string of the molecule is O=C(O)CN(CC(=O)O)[C@@H]1CCCC[C@H]1N(CC(=O)O)Cc1ccccn1. The van der Waals surface area contributed by atoms with E-state index in [4.69, 9.17) is 0 Å². The topological polar surface area (TPSA) is 131 Å². The number of rotatable bonds is 10. The van der Waals surface area contributed by atoms with E-state index in [2.05, 4.69) is 4.98 Å². The highest BCUT2D eigenvalue weighted by atomic mass is 16.4. The predicted octanol–water partition coefficient (Wildman–Crippen LogP) is 0.751. The number of aromatic nitrogens is 1. The molecule has 0 aromatic carbocycles. The summed E-state index contributed by atoms with van der Waals surface area (Å²) >= 11 is 0. The molecule has 9 heteroatoms. The van der Waals surface area contributed by atoms with E-state index in [0.29, 0.717) is 25.1 Å². The number of hydrogen-bond acceptors (Lipinski definition) is 6. The maximum atomic E-state index is 11.4. The molecule has 1 saturated carbocycles. The Morgan fingerprint density at radius 1 is 0.889 bits per heavy atom. The monoisotopic (exact) mass is 379 g/mol. The van der Waals surface area contributed by atoms with E-state index < -0.39 is 31.0 Å². The largest absolute Gasteiger partial charge is 0.480 e. The average molecular weight is 379 g/mol. The van der Waals surface area contributed by atoms with E-state index in [1.165, 1.54) is 4.90 Å². The van der Waals surface area contributed by atoms with Gasteiger partial charge < -0.3 is 15.3 Å². The summed E-state index contributed by atoms with van der Waals surface area (Å²) in [6, 6.07) is 4.81. The molecule has 0 unspecified atom stereocenters. The van der Waals surface area contributed by atoms with Crippen LogP contribution in [0.25, 0.3) is 0 Å². The van der Waals surface area contributed by atoms with E-state index in [9.17, 15) is 29.7 Å². The van der Waals surface area contributed by atoms with Crippen molar-refractivity contribution < 1.29 is 29.7 Å². The van der Waals surface area contributed by atoms with E-state index in [1.54, 1.807) is 23.2 Å². The Hall–Kier alpha value is -2.52. The smallest absolute Gasteiger partial charge is 0.317 e. The molecule has 1 fully saturated rings. The molecule has 148 valence electrons.